The summed E-state index contributed by atoms with van der Waals surface area (Å²) in [5.74, 6) is -0.691. The highest BCUT2D eigenvalue weighted by Crippen LogP contribution is 2.24. The molecule has 0 aromatic heterocycles. The third-order valence-corrected chi connectivity index (χ3v) is 8.99. The summed E-state index contributed by atoms with van der Waals surface area (Å²) in [4.78, 5) is 58.4. The van der Waals surface area contributed by atoms with Crippen molar-refractivity contribution < 1.29 is 19.2 Å². The Labute approximate surface area is 290 Å². The van der Waals surface area contributed by atoms with Gasteiger partial charge in [-0.25, -0.2) is 0 Å². The van der Waals surface area contributed by atoms with Gasteiger partial charge in [0.05, 0.1) is 6.42 Å². The highest BCUT2D eigenvalue weighted by Gasteiger charge is 2.35. The summed E-state index contributed by atoms with van der Waals surface area (Å²) in [7, 11) is 0. The zero-order chi connectivity index (χ0) is 34.9. The Morgan fingerprint density at radius 3 is 1.76 bits per heavy atom. The molecule has 2 aliphatic heterocycles. The summed E-state index contributed by atoms with van der Waals surface area (Å²) in [6.45, 7) is 1.07. The van der Waals surface area contributed by atoms with Crippen LogP contribution in [0.25, 0.3) is 22.6 Å². The van der Waals surface area contributed by atoms with E-state index in [0.29, 0.717) is 48.6 Å². The Hall–Kier alpha value is -6.19. The van der Waals surface area contributed by atoms with Crippen molar-refractivity contribution in [2.75, 3.05) is 23.7 Å². The largest absolute Gasteiger partial charge is 0.330 e. The average molecular weight is 668 g/mol. The Morgan fingerprint density at radius 2 is 1.22 bits per heavy atom. The van der Waals surface area contributed by atoms with Crippen LogP contribution >= 0.6 is 0 Å². The number of azide groups is 1. The number of rotatable bonds is 10. The Kier molecular flexibility index (Phi) is 10.7. The van der Waals surface area contributed by atoms with Crippen LogP contribution in [0.4, 0.5) is 17.1 Å². The first kappa shape index (κ1) is 33.7. The highest BCUT2D eigenvalue weighted by atomic mass is 16.2. The topological polar surface area (TPSA) is 148 Å². The second-order valence-electron chi connectivity index (χ2n) is 12.4. The molecule has 4 aromatic carbocycles. The van der Waals surface area contributed by atoms with Gasteiger partial charge in [-0.05, 0) is 84.3 Å². The molecule has 0 bridgehead atoms. The lowest BCUT2D eigenvalue weighted by molar-refractivity contribution is -0.136. The molecule has 11 nitrogen and oxygen atoms in total. The molecule has 0 spiro atoms. The minimum Gasteiger partial charge on any atom is -0.330 e. The number of carbonyl (C=O) groups excluding carboxylic acids is 4. The van der Waals surface area contributed by atoms with Gasteiger partial charge in [0.1, 0.15) is 12.1 Å². The van der Waals surface area contributed by atoms with Gasteiger partial charge in [0.15, 0.2) is 0 Å². The van der Waals surface area contributed by atoms with Gasteiger partial charge in [-0.15, -0.1) is 0 Å². The van der Waals surface area contributed by atoms with Crippen LogP contribution < -0.4 is 10.6 Å². The van der Waals surface area contributed by atoms with E-state index >= 15 is 0 Å². The van der Waals surface area contributed by atoms with E-state index in [0.717, 1.165) is 29.5 Å². The third-order valence-electron chi connectivity index (χ3n) is 8.99. The lowest BCUT2D eigenvalue weighted by atomic mass is 10.1. The fourth-order valence-electron chi connectivity index (χ4n) is 6.38. The summed E-state index contributed by atoms with van der Waals surface area (Å²) in [5.41, 5.74) is 13.6. The molecule has 11 heteroatoms. The van der Waals surface area contributed by atoms with Crippen LogP contribution in [0.2, 0.25) is 0 Å². The molecule has 0 saturated carbocycles. The van der Waals surface area contributed by atoms with E-state index in [1.165, 1.54) is 0 Å². The summed E-state index contributed by atoms with van der Waals surface area (Å²) >= 11 is 0. The number of anilines is 2. The van der Waals surface area contributed by atoms with Crippen molar-refractivity contribution in [1.82, 2.24) is 9.80 Å². The maximum Gasteiger partial charge on any atom is 0.254 e. The van der Waals surface area contributed by atoms with Gasteiger partial charge in [0.25, 0.3) is 5.91 Å². The molecule has 50 heavy (non-hydrogen) atoms. The van der Waals surface area contributed by atoms with Gasteiger partial charge in [0.2, 0.25) is 17.7 Å². The van der Waals surface area contributed by atoms with Crippen LogP contribution in [-0.2, 0) is 20.8 Å². The van der Waals surface area contributed by atoms with E-state index in [2.05, 4.69) is 20.7 Å². The van der Waals surface area contributed by atoms with Crippen LogP contribution in [0, 0.1) is 0 Å². The van der Waals surface area contributed by atoms with Crippen molar-refractivity contribution in [3.8, 4) is 0 Å². The summed E-state index contributed by atoms with van der Waals surface area (Å²) in [6.07, 6.45) is 6.95. The predicted octanol–water partition coefficient (Wildman–Crippen LogP) is 7.21. The molecule has 0 unspecified atom stereocenters. The monoisotopic (exact) mass is 667 g/mol. The molecule has 4 amide bonds. The van der Waals surface area contributed by atoms with Crippen molar-refractivity contribution >= 4 is 52.8 Å². The van der Waals surface area contributed by atoms with Crippen molar-refractivity contribution in [1.29, 1.82) is 0 Å². The molecule has 2 atom stereocenters. The maximum atomic E-state index is 13.2. The molecule has 2 N–H and O–H groups in total. The molecule has 2 aliphatic rings. The maximum absolute atomic E-state index is 13.2. The molecular formula is C39H37N7O4. The van der Waals surface area contributed by atoms with E-state index in [1.807, 2.05) is 91.0 Å². The summed E-state index contributed by atoms with van der Waals surface area (Å²) in [5, 5.41) is 9.44. The first-order valence-corrected chi connectivity index (χ1v) is 16.7. The molecule has 6 rings (SSSR count). The number of hydrogen-bond acceptors (Lipinski definition) is 5. The SMILES string of the molecule is [N-]=[N+]=Nc1ccc(C(=O)N2CCC[C@H]2C(=O)Nc2ccc(C=Cc3ccc(NC(=O)[C@@H]4CCCN4C(=O)Cc4ccccc4)cc3)cc2)cc1. The van der Waals surface area contributed by atoms with Crippen molar-refractivity contribution in [2.45, 2.75) is 44.2 Å². The lowest BCUT2D eigenvalue weighted by Crippen LogP contribution is -2.43. The van der Waals surface area contributed by atoms with E-state index in [-0.39, 0.29) is 30.0 Å². The fraction of sp³-hybridized carbons (Fsp3) is 0.231. The molecule has 0 aliphatic carbocycles. The second kappa shape index (κ2) is 15.8. The Bertz CT molecular complexity index is 1920. The number of nitrogens with zero attached hydrogens (tertiary/aromatic N) is 5. The van der Waals surface area contributed by atoms with Crippen LogP contribution in [0.1, 0.15) is 52.7 Å². The minimum atomic E-state index is -0.578. The molecule has 0 radical (unpaired) electrons. The van der Waals surface area contributed by atoms with Crippen LogP contribution in [0.3, 0.4) is 0 Å². The zero-order valence-corrected chi connectivity index (χ0v) is 27.4. The molecule has 2 fully saturated rings. The van der Waals surface area contributed by atoms with Gasteiger partial charge < -0.3 is 20.4 Å². The lowest BCUT2D eigenvalue weighted by Gasteiger charge is -2.24. The normalized spacial score (nSPS) is 17.0. The van der Waals surface area contributed by atoms with E-state index in [9.17, 15) is 19.2 Å². The fourth-order valence-corrected chi connectivity index (χ4v) is 6.38. The smallest absolute Gasteiger partial charge is 0.254 e. The predicted molar refractivity (Wildman–Crippen MR) is 193 cm³/mol. The van der Waals surface area contributed by atoms with Crippen LogP contribution in [-0.4, -0.2) is 58.6 Å². The third kappa shape index (κ3) is 8.26. The number of nitrogens with one attached hydrogen (secondary N) is 2. The number of amides is 4. The number of hydrogen-bond donors (Lipinski definition) is 2. The van der Waals surface area contributed by atoms with Crippen molar-refractivity contribution in [3.63, 3.8) is 0 Å². The van der Waals surface area contributed by atoms with Crippen molar-refractivity contribution in [3.05, 3.63) is 136 Å². The minimum absolute atomic E-state index is 0.0368. The molecule has 2 saturated heterocycles. The molecular weight excluding hydrogens is 630 g/mol. The number of benzene rings is 4. The van der Waals surface area contributed by atoms with Crippen LogP contribution in [0.15, 0.2) is 108 Å². The quantitative estimate of drug-likeness (QED) is 0.0796. The number of likely N-dealkylation sites (tertiary alicyclic amines) is 2. The first-order valence-electron chi connectivity index (χ1n) is 16.7. The van der Waals surface area contributed by atoms with E-state index < -0.39 is 12.1 Å². The van der Waals surface area contributed by atoms with Crippen molar-refractivity contribution in [2.24, 2.45) is 5.11 Å². The van der Waals surface area contributed by atoms with Gasteiger partial charge in [-0.3, -0.25) is 19.2 Å². The van der Waals surface area contributed by atoms with E-state index in [1.54, 1.807) is 34.1 Å². The summed E-state index contributed by atoms with van der Waals surface area (Å²) < 4.78 is 0. The van der Waals surface area contributed by atoms with E-state index in [4.69, 9.17) is 5.53 Å². The van der Waals surface area contributed by atoms with Gasteiger partial charge in [0, 0.05) is 40.6 Å². The molecule has 4 aromatic rings. The second-order valence-corrected chi connectivity index (χ2v) is 12.4. The average Bonchev–Trinajstić information content (AvgIpc) is 3.84. The zero-order valence-electron chi connectivity index (χ0n) is 27.4. The Morgan fingerprint density at radius 1 is 0.700 bits per heavy atom. The highest BCUT2D eigenvalue weighted by molar-refractivity contribution is 6.02. The van der Waals surface area contributed by atoms with Gasteiger partial charge >= 0.3 is 0 Å². The first-order chi connectivity index (χ1) is 24.4. The number of carbonyl (C=O) groups is 4. The van der Waals surface area contributed by atoms with Gasteiger partial charge in [-0.1, -0.05) is 84.0 Å². The molecule has 252 valence electrons. The van der Waals surface area contributed by atoms with Gasteiger partial charge in [-0.2, -0.15) is 0 Å². The standard InChI is InChI=1S/C39H37N7O4/c40-44-43-33-22-16-30(17-23-33)39(50)46-25-5-9-35(46)38(49)42-32-20-14-28(15-21-32)11-10-27-12-18-31(19-13-27)41-37(48)34-8-4-24-45(34)36(47)26-29-6-2-1-3-7-29/h1-3,6-7,10-23,34-35H,4-5,8-9,24-26H2,(H,41,48)(H,42,49)/t34-,35-/m0/s1. The molecule has 2 heterocycles. The Balaban J connectivity index is 0.995. The van der Waals surface area contributed by atoms with Crippen LogP contribution in [0.5, 0.6) is 0 Å². The summed E-state index contributed by atoms with van der Waals surface area (Å²) in [6, 6.07) is 29.8.